The average Bonchev–Trinajstić information content (AvgIpc) is 3.25. The molecule has 6 nitrogen and oxygen atoms in total. The largest absolute Gasteiger partial charge is 0.354 e. The average molecular weight is 404 g/mol. The molecule has 0 atom stereocenters. The van der Waals surface area contributed by atoms with Crippen LogP contribution >= 0.6 is 11.3 Å². The summed E-state index contributed by atoms with van der Waals surface area (Å²) < 4.78 is 40.2. The predicted molar refractivity (Wildman–Crippen MR) is 103 cm³/mol. The lowest BCUT2D eigenvalue weighted by molar-refractivity contribution is 0.385. The van der Waals surface area contributed by atoms with E-state index in [1.807, 2.05) is 11.0 Å². The highest BCUT2D eigenvalue weighted by atomic mass is 32.2. The molecule has 4 rings (SSSR count). The number of benzene rings is 1. The van der Waals surface area contributed by atoms with Gasteiger partial charge in [0.15, 0.2) is 0 Å². The molecule has 0 N–H and O–H groups in total. The molecular formula is C18H17FN4O2S2. The van der Waals surface area contributed by atoms with Crippen LogP contribution in [-0.4, -0.2) is 48.9 Å². The van der Waals surface area contributed by atoms with E-state index in [0.717, 1.165) is 11.4 Å². The summed E-state index contributed by atoms with van der Waals surface area (Å²) in [5.41, 5.74) is 1.51. The molecule has 140 valence electrons. The van der Waals surface area contributed by atoms with Crippen LogP contribution in [0.1, 0.15) is 0 Å². The lowest BCUT2D eigenvalue weighted by Gasteiger charge is -2.34. The molecule has 1 aliphatic rings. The van der Waals surface area contributed by atoms with E-state index in [4.69, 9.17) is 0 Å². The Morgan fingerprint density at radius 1 is 1.00 bits per heavy atom. The Hall–Kier alpha value is -2.36. The number of piperazine rings is 1. The Morgan fingerprint density at radius 3 is 2.41 bits per heavy atom. The zero-order chi connectivity index (χ0) is 18.9. The first kappa shape index (κ1) is 18.0. The molecule has 1 saturated heterocycles. The minimum Gasteiger partial charge on any atom is -0.354 e. The highest BCUT2D eigenvalue weighted by molar-refractivity contribution is 7.91. The van der Waals surface area contributed by atoms with Crippen LogP contribution in [-0.2, 0) is 10.0 Å². The van der Waals surface area contributed by atoms with Gasteiger partial charge in [-0.05, 0) is 35.7 Å². The minimum atomic E-state index is -3.42. The molecule has 1 fully saturated rings. The van der Waals surface area contributed by atoms with Crippen molar-refractivity contribution in [3.63, 3.8) is 0 Å². The van der Waals surface area contributed by atoms with Gasteiger partial charge >= 0.3 is 0 Å². The molecule has 0 saturated carbocycles. The Kier molecular flexibility index (Phi) is 4.90. The minimum absolute atomic E-state index is 0.295. The quantitative estimate of drug-likeness (QED) is 0.669. The van der Waals surface area contributed by atoms with Crippen molar-refractivity contribution < 1.29 is 12.8 Å². The second-order valence-corrected chi connectivity index (χ2v) is 9.20. The first-order chi connectivity index (χ1) is 13.0. The summed E-state index contributed by atoms with van der Waals surface area (Å²) in [6, 6.07) is 11.4. The molecule has 0 radical (unpaired) electrons. The molecule has 1 aromatic carbocycles. The van der Waals surface area contributed by atoms with E-state index in [0.29, 0.717) is 36.1 Å². The molecule has 3 aromatic rings. The SMILES string of the molecule is O=S(=O)(c1cccs1)N1CCN(c2cc(-c3ccc(F)cc3)ncn2)CC1. The number of aromatic nitrogens is 2. The van der Waals surface area contributed by atoms with Crippen molar-refractivity contribution in [2.24, 2.45) is 0 Å². The van der Waals surface area contributed by atoms with E-state index in [1.54, 1.807) is 29.6 Å². The van der Waals surface area contributed by atoms with Crippen LogP contribution in [0, 0.1) is 5.82 Å². The van der Waals surface area contributed by atoms with Gasteiger partial charge in [0.25, 0.3) is 10.0 Å². The van der Waals surface area contributed by atoms with Crippen molar-refractivity contribution >= 4 is 27.2 Å². The lowest BCUT2D eigenvalue weighted by Crippen LogP contribution is -2.48. The third-order valence-electron chi connectivity index (χ3n) is 4.44. The van der Waals surface area contributed by atoms with E-state index in [2.05, 4.69) is 9.97 Å². The summed E-state index contributed by atoms with van der Waals surface area (Å²) in [5, 5.41) is 1.76. The fraction of sp³-hybridized carbons (Fsp3) is 0.222. The summed E-state index contributed by atoms with van der Waals surface area (Å²) in [6.45, 7) is 1.89. The number of anilines is 1. The standard InChI is InChI=1S/C18H17FN4O2S2/c19-15-5-3-14(4-6-15)16-12-17(21-13-20-16)22-7-9-23(10-8-22)27(24,25)18-2-1-11-26-18/h1-6,11-13H,7-10H2. The first-order valence-electron chi connectivity index (χ1n) is 8.41. The number of halogens is 1. The summed E-state index contributed by atoms with van der Waals surface area (Å²) in [4.78, 5) is 10.6. The highest BCUT2D eigenvalue weighted by Crippen LogP contribution is 2.25. The van der Waals surface area contributed by atoms with Crippen LogP contribution in [0.25, 0.3) is 11.3 Å². The van der Waals surface area contributed by atoms with Gasteiger partial charge in [-0.3, -0.25) is 0 Å². The third kappa shape index (κ3) is 3.71. The summed E-state index contributed by atoms with van der Waals surface area (Å²) in [5.74, 6) is 0.439. The molecular weight excluding hydrogens is 387 g/mol. The summed E-state index contributed by atoms with van der Waals surface area (Å²) in [6.07, 6.45) is 1.47. The van der Waals surface area contributed by atoms with Gasteiger partial charge in [-0.15, -0.1) is 11.3 Å². The van der Waals surface area contributed by atoms with E-state index in [9.17, 15) is 12.8 Å². The number of rotatable bonds is 4. The van der Waals surface area contributed by atoms with Crippen molar-refractivity contribution in [1.29, 1.82) is 0 Å². The first-order valence-corrected chi connectivity index (χ1v) is 10.7. The van der Waals surface area contributed by atoms with Crippen molar-refractivity contribution in [1.82, 2.24) is 14.3 Å². The third-order valence-corrected chi connectivity index (χ3v) is 7.72. The summed E-state index contributed by atoms with van der Waals surface area (Å²) in [7, 11) is -3.42. The molecule has 0 spiro atoms. The molecule has 0 bridgehead atoms. The van der Waals surface area contributed by atoms with Crippen molar-refractivity contribution in [2.45, 2.75) is 4.21 Å². The van der Waals surface area contributed by atoms with Crippen LogP contribution in [0.5, 0.6) is 0 Å². The van der Waals surface area contributed by atoms with Crippen molar-refractivity contribution in [3.8, 4) is 11.3 Å². The predicted octanol–water partition coefficient (Wildman–Crippen LogP) is 2.86. The number of hydrogen-bond donors (Lipinski definition) is 0. The number of hydrogen-bond acceptors (Lipinski definition) is 6. The van der Waals surface area contributed by atoms with Crippen molar-refractivity contribution in [2.75, 3.05) is 31.1 Å². The molecule has 2 aromatic heterocycles. The van der Waals surface area contributed by atoms with Crippen LogP contribution in [0.3, 0.4) is 0 Å². The molecule has 1 aliphatic heterocycles. The van der Waals surface area contributed by atoms with Crippen LogP contribution in [0.4, 0.5) is 10.2 Å². The van der Waals surface area contributed by atoms with Crippen LogP contribution in [0.2, 0.25) is 0 Å². The van der Waals surface area contributed by atoms with Gasteiger partial charge in [0.1, 0.15) is 22.2 Å². The second kappa shape index (κ2) is 7.34. The Bertz CT molecular complexity index is 1020. The monoisotopic (exact) mass is 404 g/mol. The highest BCUT2D eigenvalue weighted by Gasteiger charge is 2.29. The van der Waals surface area contributed by atoms with Gasteiger partial charge < -0.3 is 4.90 Å². The molecule has 27 heavy (non-hydrogen) atoms. The maximum Gasteiger partial charge on any atom is 0.252 e. The smallest absolute Gasteiger partial charge is 0.252 e. The van der Waals surface area contributed by atoms with Gasteiger partial charge in [0.05, 0.1) is 5.69 Å². The molecule has 0 aliphatic carbocycles. The Morgan fingerprint density at radius 2 is 1.74 bits per heavy atom. The molecule has 0 unspecified atom stereocenters. The van der Waals surface area contributed by atoms with E-state index in [-0.39, 0.29) is 5.82 Å². The normalized spacial score (nSPS) is 15.8. The topological polar surface area (TPSA) is 66.4 Å². The molecule has 0 amide bonds. The zero-order valence-electron chi connectivity index (χ0n) is 14.3. The number of sulfonamides is 1. The number of nitrogens with zero attached hydrogens (tertiary/aromatic N) is 4. The van der Waals surface area contributed by atoms with E-state index in [1.165, 1.54) is 34.1 Å². The van der Waals surface area contributed by atoms with E-state index >= 15 is 0 Å². The lowest BCUT2D eigenvalue weighted by atomic mass is 10.1. The van der Waals surface area contributed by atoms with Crippen LogP contribution in [0.15, 0.2) is 58.4 Å². The molecule has 3 heterocycles. The Labute approximate surface area is 161 Å². The van der Waals surface area contributed by atoms with Gasteiger partial charge in [-0.1, -0.05) is 6.07 Å². The fourth-order valence-electron chi connectivity index (χ4n) is 2.99. The zero-order valence-corrected chi connectivity index (χ0v) is 16.0. The maximum atomic E-state index is 13.1. The van der Waals surface area contributed by atoms with E-state index < -0.39 is 10.0 Å². The maximum absolute atomic E-state index is 13.1. The summed E-state index contributed by atoms with van der Waals surface area (Å²) >= 11 is 1.23. The van der Waals surface area contributed by atoms with Gasteiger partial charge in [0.2, 0.25) is 0 Å². The van der Waals surface area contributed by atoms with Gasteiger partial charge in [-0.2, -0.15) is 4.31 Å². The van der Waals surface area contributed by atoms with Crippen molar-refractivity contribution in [3.05, 3.63) is 60.0 Å². The van der Waals surface area contributed by atoms with Crippen LogP contribution < -0.4 is 4.90 Å². The van der Waals surface area contributed by atoms with Gasteiger partial charge in [0, 0.05) is 37.8 Å². The number of thiophene rings is 1. The Balaban J connectivity index is 1.49. The molecule has 9 heteroatoms. The fourth-order valence-corrected chi connectivity index (χ4v) is 5.56. The van der Waals surface area contributed by atoms with Gasteiger partial charge in [-0.25, -0.2) is 22.8 Å². The second-order valence-electron chi connectivity index (χ2n) is 6.09.